The summed E-state index contributed by atoms with van der Waals surface area (Å²) in [6.45, 7) is 8.26. The Balaban J connectivity index is 1.58. The van der Waals surface area contributed by atoms with Crippen LogP contribution < -0.4 is 14.2 Å². The van der Waals surface area contributed by atoms with Crippen LogP contribution in [0.25, 0.3) is 17.0 Å². The van der Waals surface area contributed by atoms with Crippen molar-refractivity contribution in [2.75, 3.05) is 11.4 Å². The molecule has 2 heterocycles. The fourth-order valence-electron chi connectivity index (χ4n) is 3.71. The number of benzene rings is 2. The zero-order chi connectivity index (χ0) is 20.2. The number of rotatable bonds is 5. The molecule has 3 heteroatoms. The summed E-state index contributed by atoms with van der Waals surface area (Å²) in [6, 6.07) is 18.9. The third kappa shape index (κ3) is 3.81. The van der Waals surface area contributed by atoms with Crippen LogP contribution >= 0.6 is 0 Å². The van der Waals surface area contributed by atoms with Crippen LogP contribution in [0.3, 0.4) is 0 Å². The molecule has 0 saturated heterocycles. The van der Waals surface area contributed by atoms with Crippen molar-refractivity contribution >= 4 is 22.7 Å². The number of hydrogen-bond acceptors (Lipinski definition) is 2. The van der Waals surface area contributed by atoms with E-state index in [1.165, 1.54) is 22.0 Å². The number of pyridine rings is 1. The minimum Gasteiger partial charge on any atom is -0.439 e. The maximum Gasteiger partial charge on any atom is 0.213 e. The van der Waals surface area contributed by atoms with Crippen molar-refractivity contribution < 1.29 is 9.30 Å². The van der Waals surface area contributed by atoms with Gasteiger partial charge in [0.05, 0.1) is 11.1 Å². The van der Waals surface area contributed by atoms with Gasteiger partial charge in [-0.15, -0.1) is 0 Å². The molecule has 3 aromatic rings. The van der Waals surface area contributed by atoms with Gasteiger partial charge in [-0.1, -0.05) is 48.1 Å². The molecule has 1 aromatic heterocycles. The lowest BCUT2D eigenvalue weighted by molar-refractivity contribution is -0.667. The molecule has 0 bridgehead atoms. The van der Waals surface area contributed by atoms with Gasteiger partial charge in [-0.2, -0.15) is 4.57 Å². The number of aromatic nitrogens is 1. The second-order valence-electron chi connectivity index (χ2n) is 7.14. The van der Waals surface area contributed by atoms with Gasteiger partial charge >= 0.3 is 0 Å². The molecule has 0 fully saturated rings. The minimum absolute atomic E-state index is 0.871. The summed E-state index contributed by atoms with van der Waals surface area (Å²) in [5.74, 6) is 1.79. The first-order valence-corrected chi connectivity index (χ1v) is 10.2. The number of hydrogen-bond donors (Lipinski definition) is 0. The number of para-hydroxylation sites is 3. The lowest BCUT2D eigenvalue weighted by Gasteiger charge is -2.14. The van der Waals surface area contributed by atoms with Crippen LogP contribution in [-0.2, 0) is 6.54 Å². The Hall–Kier alpha value is -3.33. The van der Waals surface area contributed by atoms with Gasteiger partial charge in [0.1, 0.15) is 6.54 Å². The molecular weight excluding hydrogens is 356 g/mol. The zero-order valence-electron chi connectivity index (χ0n) is 17.3. The van der Waals surface area contributed by atoms with Gasteiger partial charge in [0.15, 0.2) is 11.9 Å². The first-order chi connectivity index (χ1) is 14.2. The predicted octanol–water partition coefficient (Wildman–Crippen LogP) is 5.87. The molecule has 1 aliphatic rings. The number of allylic oxidation sites excluding steroid dienone is 4. The second-order valence-corrected chi connectivity index (χ2v) is 7.14. The summed E-state index contributed by atoms with van der Waals surface area (Å²) >= 11 is 0. The molecule has 146 valence electrons. The van der Waals surface area contributed by atoms with Crippen LogP contribution in [0.1, 0.15) is 26.3 Å². The van der Waals surface area contributed by atoms with Crippen LogP contribution in [0.15, 0.2) is 90.5 Å². The summed E-state index contributed by atoms with van der Waals surface area (Å²) in [4.78, 5) is 2.19. The fraction of sp³-hybridized carbons (Fsp3) is 0.192. The molecular formula is C26H27N2O+. The molecule has 0 radical (unpaired) electrons. The quantitative estimate of drug-likeness (QED) is 0.405. The highest BCUT2D eigenvalue weighted by Crippen LogP contribution is 2.38. The van der Waals surface area contributed by atoms with E-state index in [2.05, 4.69) is 97.1 Å². The van der Waals surface area contributed by atoms with Crippen molar-refractivity contribution in [1.29, 1.82) is 0 Å². The Morgan fingerprint density at radius 1 is 1.03 bits per heavy atom. The molecule has 29 heavy (non-hydrogen) atoms. The number of nitrogens with zero attached hydrogens (tertiary/aromatic N) is 2. The highest BCUT2D eigenvalue weighted by Gasteiger charge is 2.23. The number of aryl methyl sites for hydroxylation is 1. The van der Waals surface area contributed by atoms with Gasteiger partial charge in [0.2, 0.25) is 11.4 Å². The monoisotopic (exact) mass is 383 g/mol. The van der Waals surface area contributed by atoms with E-state index in [9.17, 15) is 0 Å². The third-order valence-corrected chi connectivity index (χ3v) is 5.27. The van der Waals surface area contributed by atoms with Crippen LogP contribution in [0.4, 0.5) is 5.69 Å². The Morgan fingerprint density at radius 2 is 1.83 bits per heavy atom. The van der Waals surface area contributed by atoms with Crippen LogP contribution in [-0.4, -0.2) is 6.54 Å². The van der Waals surface area contributed by atoms with Gasteiger partial charge in [0, 0.05) is 18.7 Å². The van der Waals surface area contributed by atoms with Crippen molar-refractivity contribution in [2.45, 2.75) is 27.3 Å². The lowest BCUT2D eigenvalue weighted by Crippen LogP contribution is -2.32. The summed E-state index contributed by atoms with van der Waals surface area (Å²) < 4.78 is 8.29. The van der Waals surface area contributed by atoms with Crippen molar-refractivity contribution in [3.63, 3.8) is 0 Å². The predicted molar refractivity (Wildman–Crippen MR) is 121 cm³/mol. The summed E-state index contributed by atoms with van der Waals surface area (Å²) in [6.07, 6.45) is 10.7. The van der Waals surface area contributed by atoms with E-state index in [0.717, 1.165) is 30.4 Å². The van der Waals surface area contributed by atoms with Crippen LogP contribution in [0.2, 0.25) is 0 Å². The van der Waals surface area contributed by atoms with Gasteiger partial charge in [-0.25, -0.2) is 0 Å². The van der Waals surface area contributed by atoms with E-state index < -0.39 is 0 Å². The van der Waals surface area contributed by atoms with Gasteiger partial charge in [-0.3, -0.25) is 0 Å². The topological polar surface area (TPSA) is 16.4 Å². The van der Waals surface area contributed by atoms with Crippen molar-refractivity contribution in [2.24, 2.45) is 0 Å². The minimum atomic E-state index is 0.871. The Morgan fingerprint density at radius 3 is 2.66 bits per heavy atom. The molecule has 3 nitrogen and oxygen atoms in total. The van der Waals surface area contributed by atoms with E-state index in [-0.39, 0.29) is 0 Å². The van der Waals surface area contributed by atoms with E-state index in [1.807, 2.05) is 18.2 Å². The summed E-state index contributed by atoms with van der Waals surface area (Å²) in [7, 11) is 0. The molecule has 0 atom stereocenters. The third-order valence-electron chi connectivity index (χ3n) is 5.27. The molecule has 1 aliphatic heterocycles. The molecule has 0 amide bonds. The molecule has 0 spiro atoms. The van der Waals surface area contributed by atoms with Gasteiger partial charge < -0.3 is 9.64 Å². The molecule has 0 unspecified atom stereocenters. The van der Waals surface area contributed by atoms with E-state index in [1.54, 1.807) is 0 Å². The normalized spacial score (nSPS) is 15.3. The highest BCUT2D eigenvalue weighted by atomic mass is 16.5. The van der Waals surface area contributed by atoms with Crippen molar-refractivity contribution in [3.05, 3.63) is 96.0 Å². The molecule has 0 aliphatic carbocycles. The summed E-state index contributed by atoms with van der Waals surface area (Å²) in [5.41, 5.74) is 4.79. The average molecular weight is 384 g/mol. The fourth-order valence-corrected chi connectivity index (χ4v) is 3.71. The Kier molecular flexibility index (Phi) is 5.48. The Labute approximate surface area is 172 Å². The standard InChI is InChI=1S/C26H27N2O/c1-4-27-19-18-21(22-10-6-7-11-23(22)27)16-14-20(3)15-17-26-28(5-2)24-12-8-9-13-25(24)29-26/h6-19H,4-5H2,1-3H3/q+1. The summed E-state index contributed by atoms with van der Waals surface area (Å²) in [5, 5.41) is 1.27. The van der Waals surface area contributed by atoms with Crippen molar-refractivity contribution in [1.82, 2.24) is 0 Å². The lowest BCUT2D eigenvalue weighted by atomic mass is 10.1. The smallest absolute Gasteiger partial charge is 0.213 e. The second kappa shape index (κ2) is 8.36. The molecule has 0 N–H and O–H groups in total. The first kappa shape index (κ1) is 19.0. The van der Waals surface area contributed by atoms with Gasteiger partial charge in [0.25, 0.3) is 0 Å². The molecule has 4 rings (SSSR count). The van der Waals surface area contributed by atoms with E-state index in [0.29, 0.717) is 0 Å². The molecule has 2 aromatic carbocycles. The zero-order valence-corrected chi connectivity index (χ0v) is 17.3. The SMILES string of the molecule is CCN1C(=CC=C(C)C=Cc2cc[n+](CC)c3ccccc23)Oc2ccccc21. The maximum absolute atomic E-state index is 6.02. The highest BCUT2D eigenvalue weighted by molar-refractivity contribution is 5.85. The van der Waals surface area contributed by atoms with Crippen LogP contribution in [0.5, 0.6) is 5.75 Å². The average Bonchev–Trinajstić information content (AvgIpc) is 3.13. The van der Waals surface area contributed by atoms with Crippen LogP contribution in [0, 0.1) is 0 Å². The number of anilines is 1. The molecule has 0 saturated carbocycles. The maximum atomic E-state index is 6.02. The van der Waals surface area contributed by atoms with Gasteiger partial charge in [-0.05, 0) is 50.6 Å². The Bertz CT molecular complexity index is 1120. The van der Waals surface area contributed by atoms with Crippen molar-refractivity contribution in [3.8, 4) is 5.75 Å². The van der Waals surface area contributed by atoms with E-state index in [4.69, 9.17) is 4.74 Å². The number of ether oxygens (including phenoxy) is 1. The largest absolute Gasteiger partial charge is 0.439 e. The number of fused-ring (bicyclic) bond motifs is 2. The first-order valence-electron chi connectivity index (χ1n) is 10.2. The van der Waals surface area contributed by atoms with E-state index >= 15 is 0 Å².